The molecule has 6 rings (SSSR count). The van der Waals surface area contributed by atoms with Crippen LogP contribution in [0, 0.1) is 11.7 Å². The number of hydroxylamine groups is 1. The molecule has 188 valence electrons. The van der Waals surface area contributed by atoms with Crippen molar-refractivity contribution in [3.63, 3.8) is 0 Å². The molecule has 8 heteroatoms. The molecule has 0 aromatic heterocycles. The number of fused-ring (bicyclic) bond motifs is 1. The molecule has 0 spiro atoms. The van der Waals surface area contributed by atoms with E-state index in [-0.39, 0.29) is 5.69 Å². The molecule has 0 bridgehead atoms. The zero-order chi connectivity index (χ0) is 26.2. The molecule has 38 heavy (non-hydrogen) atoms. The van der Waals surface area contributed by atoms with Crippen molar-refractivity contribution in [2.24, 2.45) is 5.92 Å². The van der Waals surface area contributed by atoms with Crippen LogP contribution >= 0.6 is 0 Å². The summed E-state index contributed by atoms with van der Waals surface area (Å²) >= 11 is 0. The molecule has 2 fully saturated rings. The Bertz CT molecular complexity index is 1510. The van der Waals surface area contributed by atoms with E-state index in [1.807, 2.05) is 36.4 Å². The first-order valence-electron chi connectivity index (χ1n) is 12.0. The van der Waals surface area contributed by atoms with Gasteiger partial charge in [0.05, 0.1) is 23.0 Å². The number of benzene rings is 4. The number of esters is 1. The van der Waals surface area contributed by atoms with E-state index < -0.39 is 41.7 Å². The van der Waals surface area contributed by atoms with E-state index in [0.717, 1.165) is 4.90 Å². The van der Waals surface area contributed by atoms with Crippen molar-refractivity contribution in [3.05, 3.63) is 126 Å². The lowest BCUT2D eigenvalue weighted by Crippen LogP contribution is -2.37. The molecule has 0 unspecified atom stereocenters. The molecule has 4 aromatic carbocycles. The number of nitrogens with zero attached hydrogens (tertiary/aromatic N) is 2. The van der Waals surface area contributed by atoms with Gasteiger partial charge in [-0.25, -0.2) is 19.1 Å². The van der Waals surface area contributed by atoms with Crippen LogP contribution in [-0.2, 0) is 14.4 Å². The standard InChI is InChI=1S/C30H21FN2O5/c31-23-13-7-8-14-24(23)32-28(34)25-26(33(38-27(25)29(32)35)21-11-5-2-6-12-21)19-15-17-22(18-16-19)37-30(36)20-9-3-1-4-10-20/h1-18,25-27H/t25-,26-,27+/m1/s1. The second-order valence-electron chi connectivity index (χ2n) is 8.95. The molecular formula is C30H21FN2O5. The Hall–Kier alpha value is -4.82. The summed E-state index contributed by atoms with van der Waals surface area (Å²) in [6.45, 7) is 0. The number of anilines is 2. The predicted molar refractivity (Wildman–Crippen MR) is 137 cm³/mol. The highest BCUT2D eigenvalue weighted by Gasteiger charge is 2.60. The van der Waals surface area contributed by atoms with Gasteiger partial charge in [-0.3, -0.25) is 14.4 Å². The first-order chi connectivity index (χ1) is 18.5. The molecule has 7 nitrogen and oxygen atoms in total. The van der Waals surface area contributed by atoms with Gasteiger partial charge in [-0.15, -0.1) is 0 Å². The number of imide groups is 1. The number of carbonyl (C=O) groups is 3. The van der Waals surface area contributed by atoms with Gasteiger partial charge in [0.15, 0.2) is 6.10 Å². The largest absolute Gasteiger partial charge is 0.423 e. The Labute approximate surface area is 217 Å². The van der Waals surface area contributed by atoms with Gasteiger partial charge in [0.1, 0.15) is 17.5 Å². The lowest BCUT2D eigenvalue weighted by molar-refractivity contribution is -0.126. The number of hydrogen-bond donors (Lipinski definition) is 0. The molecule has 2 aliphatic heterocycles. The summed E-state index contributed by atoms with van der Waals surface area (Å²) in [5.74, 6) is -2.93. The van der Waals surface area contributed by atoms with Gasteiger partial charge >= 0.3 is 5.97 Å². The van der Waals surface area contributed by atoms with E-state index in [1.165, 1.54) is 18.2 Å². The fourth-order valence-corrected chi connectivity index (χ4v) is 4.90. The van der Waals surface area contributed by atoms with Crippen LogP contribution in [0.1, 0.15) is 22.0 Å². The first-order valence-corrected chi connectivity index (χ1v) is 12.0. The molecule has 0 N–H and O–H groups in total. The van der Waals surface area contributed by atoms with Crippen LogP contribution in [0.4, 0.5) is 15.8 Å². The van der Waals surface area contributed by atoms with E-state index in [1.54, 1.807) is 59.7 Å². The van der Waals surface area contributed by atoms with Crippen LogP contribution in [0.25, 0.3) is 0 Å². The summed E-state index contributed by atoms with van der Waals surface area (Å²) in [5.41, 5.74) is 1.64. The third-order valence-electron chi connectivity index (χ3n) is 6.66. The van der Waals surface area contributed by atoms with E-state index in [9.17, 15) is 18.8 Å². The minimum atomic E-state index is -1.12. The number of para-hydroxylation sites is 2. The van der Waals surface area contributed by atoms with Crippen molar-refractivity contribution in [2.45, 2.75) is 12.1 Å². The molecule has 2 aliphatic rings. The van der Waals surface area contributed by atoms with E-state index >= 15 is 0 Å². The minimum Gasteiger partial charge on any atom is -0.423 e. The molecule has 2 saturated heterocycles. The highest BCUT2D eigenvalue weighted by atomic mass is 19.1. The van der Waals surface area contributed by atoms with Crippen LogP contribution in [0.5, 0.6) is 5.75 Å². The van der Waals surface area contributed by atoms with Crippen LogP contribution in [0.2, 0.25) is 0 Å². The SMILES string of the molecule is O=C(Oc1ccc([C@@H]2[C@H]3C(=O)N(c4ccccc4F)C(=O)[C@H]3ON2c2ccccc2)cc1)c1ccccc1. The van der Waals surface area contributed by atoms with Gasteiger partial charge in [-0.1, -0.05) is 60.7 Å². The normalized spacial score (nSPS) is 20.5. The second-order valence-corrected chi connectivity index (χ2v) is 8.95. The van der Waals surface area contributed by atoms with Gasteiger partial charge in [0.25, 0.3) is 5.91 Å². The zero-order valence-electron chi connectivity index (χ0n) is 19.9. The number of carbonyl (C=O) groups excluding carboxylic acids is 3. The van der Waals surface area contributed by atoms with Crippen molar-refractivity contribution in [1.29, 1.82) is 0 Å². The van der Waals surface area contributed by atoms with Gasteiger partial charge in [-0.2, -0.15) is 0 Å². The van der Waals surface area contributed by atoms with Crippen LogP contribution in [0.15, 0.2) is 109 Å². The van der Waals surface area contributed by atoms with E-state index in [2.05, 4.69) is 0 Å². The number of amides is 2. The van der Waals surface area contributed by atoms with Crippen molar-refractivity contribution >= 4 is 29.2 Å². The fraction of sp³-hybridized carbons (Fsp3) is 0.100. The van der Waals surface area contributed by atoms with E-state index in [0.29, 0.717) is 22.6 Å². The van der Waals surface area contributed by atoms with E-state index in [4.69, 9.17) is 9.57 Å². The van der Waals surface area contributed by atoms with Crippen molar-refractivity contribution < 1.29 is 28.3 Å². The molecule has 3 atom stereocenters. The van der Waals surface area contributed by atoms with Crippen molar-refractivity contribution in [3.8, 4) is 5.75 Å². The summed E-state index contributed by atoms with van der Waals surface area (Å²) in [6, 6.07) is 29.4. The quantitative estimate of drug-likeness (QED) is 0.212. The maximum absolute atomic E-state index is 14.6. The number of rotatable bonds is 5. The lowest BCUT2D eigenvalue weighted by Gasteiger charge is -2.28. The number of ether oxygens (including phenoxy) is 1. The molecule has 0 radical (unpaired) electrons. The maximum Gasteiger partial charge on any atom is 0.343 e. The molecule has 0 saturated carbocycles. The zero-order valence-corrected chi connectivity index (χ0v) is 19.9. The first kappa shape index (κ1) is 23.6. The smallest absolute Gasteiger partial charge is 0.343 e. The highest BCUT2D eigenvalue weighted by molar-refractivity contribution is 6.24. The third-order valence-corrected chi connectivity index (χ3v) is 6.66. The van der Waals surface area contributed by atoms with Crippen molar-refractivity contribution in [2.75, 3.05) is 9.96 Å². The maximum atomic E-state index is 14.6. The van der Waals surface area contributed by atoms with Crippen LogP contribution in [-0.4, -0.2) is 23.9 Å². The van der Waals surface area contributed by atoms with Gasteiger partial charge in [0, 0.05) is 0 Å². The predicted octanol–water partition coefficient (Wildman–Crippen LogP) is 5.10. The highest BCUT2D eigenvalue weighted by Crippen LogP contribution is 2.48. The molecule has 2 amide bonds. The third kappa shape index (κ3) is 4.01. The molecule has 4 aromatic rings. The summed E-state index contributed by atoms with van der Waals surface area (Å²) in [5, 5.41) is 1.55. The number of hydrogen-bond acceptors (Lipinski definition) is 6. The summed E-state index contributed by atoms with van der Waals surface area (Å²) in [4.78, 5) is 46.4. The Kier molecular flexibility index (Phi) is 5.94. The summed E-state index contributed by atoms with van der Waals surface area (Å²) < 4.78 is 20.0. The van der Waals surface area contributed by atoms with Crippen LogP contribution in [0.3, 0.4) is 0 Å². The fourth-order valence-electron chi connectivity index (χ4n) is 4.90. The minimum absolute atomic E-state index is 0.103. The number of halogens is 1. The average Bonchev–Trinajstić information content (AvgIpc) is 3.46. The lowest BCUT2D eigenvalue weighted by atomic mass is 9.90. The monoisotopic (exact) mass is 508 g/mol. The van der Waals surface area contributed by atoms with Gasteiger partial charge in [0.2, 0.25) is 5.91 Å². The van der Waals surface area contributed by atoms with Gasteiger partial charge < -0.3 is 4.74 Å². The Morgan fingerprint density at radius 2 is 1.39 bits per heavy atom. The molecular weight excluding hydrogens is 487 g/mol. The summed E-state index contributed by atoms with van der Waals surface area (Å²) in [6.07, 6.45) is -1.12. The molecule has 2 heterocycles. The Morgan fingerprint density at radius 1 is 0.763 bits per heavy atom. The second kappa shape index (κ2) is 9.57. The van der Waals surface area contributed by atoms with Gasteiger partial charge in [-0.05, 0) is 54.1 Å². The Morgan fingerprint density at radius 3 is 2.08 bits per heavy atom. The topological polar surface area (TPSA) is 76.2 Å². The van der Waals surface area contributed by atoms with Crippen molar-refractivity contribution in [1.82, 2.24) is 0 Å². The Balaban J connectivity index is 1.34. The van der Waals surface area contributed by atoms with Crippen LogP contribution < -0.4 is 14.7 Å². The average molecular weight is 509 g/mol. The summed E-state index contributed by atoms with van der Waals surface area (Å²) in [7, 11) is 0. The molecule has 0 aliphatic carbocycles.